The molecule has 7 heteroatoms. The van der Waals surface area contributed by atoms with E-state index >= 15 is 0 Å². The molecule has 2 N–H and O–H groups in total. The molecule has 2 aliphatic heterocycles. The van der Waals surface area contributed by atoms with E-state index in [1.54, 1.807) is 13.1 Å². The van der Waals surface area contributed by atoms with Crippen LogP contribution in [0.2, 0.25) is 0 Å². The van der Waals surface area contributed by atoms with Crippen LogP contribution in [0.1, 0.15) is 43.9 Å². The van der Waals surface area contributed by atoms with Gasteiger partial charge in [0, 0.05) is 70.2 Å². The minimum absolute atomic E-state index is 0.00411. The topological polar surface area (TPSA) is 83.6 Å². The second-order valence-electron chi connectivity index (χ2n) is 8.28. The standard InChI is InChI=1S/C22H34N4O3/c1-16-4-3-10-23-21(16)7-11-24-22(28)18-5-6-19(25-17(2)27)15-26(14-18)20-8-12-29-13-9-20/h3-4,10,18-20H,5-9,11-15H2,1-2H3,(H,24,28)(H,25,27)/t18-,19+/m1/s1. The molecule has 0 saturated carbocycles. The SMILES string of the molecule is CC(=O)N[C@H]1CC[C@@H](C(=O)NCCc2ncccc2C)CN(C2CCOCC2)C1. The molecule has 0 spiro atoms. The maximum atomic E-state index is 12.9. The van der Waals surface area contributed by atoms with E-state index in [0.717, 1.165) is 69.7 Å². The van der Waals surface area contributed by atoms with Gasteiger partial charge in [-0.05, 0) is 44.2 Å². The molecule has 2 atom stereocenters. The van der Waals surface area contributed by atoms with E-state index in [1.165, 1.54) is 0 Å². The van der Waals surface area contributed by atoms with Gasteiger partial charge >= 0.3 is 0 Å². The second kappa shape index (κ2) is 10.7. The fraction of sp³-hybridized carbons (Fsp3) is 0.682. The van der Waals surface area contributed by atoms with Crippen LogP contribution in [0.25, 0.3) is 0 Å². The maximum Gasteiger partial charge on any atom is 0.224 e. The van der Waals surface area contributed by atoms with Gasteiger partial charge in [-0.3, -0.25) is 19.5 Å². The number of carbonyl (C=O) groups excluding carboxylic acids is 2. The number of rotatable bonds is 6. The normalized spacial score (nSPS) is 23.9. The molecule has 7 nitrogen and oxygen atoms in total. The molecule has 0 aromatic carbocycles. The maximum absolute atomic E-state index is 12.9. The minimum atomic E-state index is -0.0542. The predicted octanol–water partition coefficient (Wildman–Crippen LogP) is 1.44. The zero-order valence-corrected chi connectivity index (χ0v) is 17.7. The zero-order valence-electron chi connectivity index (χ0n) is 17.7. The molecule has 3 heterocycles. The average Bonchev–Trinajstić information content (AvgIpc) is 2.92. The molecule has 0 unspecified atom stereocenters. The van der Waals surface area contributed by atoms with Crippen molar-refractivity contribution < 1.29 is 14.3 Å². The van der Waals surface area contributed by atoms with Crippen LogP contribution in [-0.4, -0.2) is 66.6 Å². The number of aromatic nitrogens is 1. The summed E-state index contributed by atoms with van der Waals surface area (Å²) in [6, 6.07) is 4.50. The lowest BCUT2D eigenvalue weighted by Gasteiger charge is -2.36. The van der Waals surface area contributed by atoms with Crippen LogP contribution < -0.4 is 10.6 Å². The van der Waals surface area contributed by atoms with Crippen LogP contribution in [0.4, 0.5) is 0 Å². The van der Waals surface area contributed by atoms with E-state index in [9.17, 15) is 9.59 Å². The number of ether oxygens (including phenoxy) is 1. The second-order valence-corrected chi connectivity index (χ2v) is 8.28. The molecule has 160 valence electrons. The highest BCUT2D eigenvalue weighted by Gasteiger charge is 2.32. The Hall–Kier alpha value is -1.99. The van der Waals surface area contributed by atoms with E-state index in [1.807, 2.05) is 19.1 Å². The van der Waals surface area contributed by atoms with Crippen molar-refractivity contribution in [3.8, 4) is 0 Å². The molecule has 29 heavy (non-hydrogen) atoms. The van der Waals surface area contributed by atoms with Gasteiger partial charge < -0.3 is 15.4 Å². The van der Waals surface area contributed by atoms with Gasteiger partial charge in [0.2, 0.25) is 11.8 Å². The summed E-state index contributed by atoms with van der Waals surface area (Å²) in [4.78, 5) is 31.3. The molecule has 1 aromatic rings. The fourth-order valence-corrected chi connectivity index (χ4v) is 4.42. The molecule has 2 saturated heterocycles. The third-order valence-corrected chi connectivity index (χ3v) is 6.04. The number of amides is 2. The van der Waals surface area contributed by atoms with Gasteiger partial charge in [-0.15, -0.1) is 0 Å². The van der Waals surface area contributed by atoms with Gasteiger partial charge in [0.25, 0.3) is 0 Å². The van der Waals surface area contributed by atoms with Crippen LogP contribution >= 0.6 is 0 Å². The Morgan fingerprint density at radius 2 is 2.00 bits per heavy atom. The van der Waals surface area contributed by atoms with E-state index in [-0.39, 0.29) is 23.8 Å². The van der Waals surface area contributed by atoms with Gasteiger partial charge in [-0.25, -0.2) is 0 Å². The number of hydrogen-bond acceptors (Lipinski definition) is 5. The fourth-order valence-electron chi connectivity index (χ4n) is 4.42. The summed E-state index contributed by atoms with van der Waals surface area (Å²) in [7, 11) is 0. The summed E-state index contributed by atoms with van der Waals surface area (Å²) < 4.78 is 5.51. The highest BCUT2D eigenvalue weighted by atomic mass is 16.5. The predicted molar refractivity (Wildman–Crippen MR) is 111 cm³/mol. The Kier molecular flexibility index (Phi) is 8.00. The first kappa shape index (κ1) is 21.7. The number of aryl methyl sites for hydroxylation is 1. The lowest BCUT2D eigenvalue weighted by Crippen LogP contribution is -2.48. The summed E-state index contributed by atoms with van der Waals surface area (Å²) in [6.07, 6.45) is 6.13. The van der Waals surface area contributed by atoms with E-state index in [2.05, 4.69) is 20.5 Å². The smallest absolute Gasteiger partial charge is 0.224 e. The van der Waals surface area contributed by atoms with Crippen molar-refractivity contribution in [1.29, 1.82) is 0 Å². The van der Waals surface area contributed by atoms with Crippen molar-refractivity contribution >= 4 is 11.8 Å². The van der Waals surface area contributed by atoms with Gasteiger partial charge in [0.05, 0.1) is 5.92 Å². The highest BCUT2D eigenvalue weighted by molar-refractivity contribution is 5.79. The summed E-state index contributed by atoms with van der Waals surface area (Å²) in [5, 5.41) is 6.19. The molecule has 0 bridgehead atoms. The minimum Gasteiger partial charge on any atom is -0.381 e. The molecular weight excluding hydrogens is 368 g/mol. The van der Waals surface area contributed by atoms with E-state index in [4.69, 9.17) is 4.74 Å². The zero-order chi connectivity index (χ0) is 20.6. The van der Waals surface area contributed by atoms with Crippen LogP contribution in [0.15, 0.2) is 18.3 Å². The summed E-state index contributed by atoms with van der Waals surface area (Å²) in [5.74, 6) is 0.0520. The number of hydrogen-bond donors (Lipinski definition) is 2. The van der Waals surface area contributed by atoms with Crippen molar-refractivity contribution in [3.63, 3.8) is 0 Å². The van der Waals surface area contributed by atoms with Gasteiger partial charge in [0.1, 0.15) is 0 Å². The highest BCUT2D eigenvalue weighted by Crippen LogP contribution is 2.23. The number of nitrogens with zero attached hydrogens (tertiary/aromatic N) is 2. The van der Waals surface area contributed by atoms with Crippen molar-refractivity contribution in [3.05, 3.63) is 29.6 Å². The number of carbonyl (C=O) groups is 2. The van der Waals surface area contributed by atoms with Crippen molar-refractivity contribution in [2.24, 2.45) is 5.92 Å². The Balaban J connectivity index is 1.58. The third-order valence-electron chi connectivity index (χ3n) is 6.04. The first-order chi connectivity index (χ1) is 14.0. The first-order valence-electron chi connectivity index (χ1n) is 10.8. The summed E-state index contributed by atoms with van der Waals surface area (Å²) in [5.41, 5.74) is 2.18. The Bertz CT molecular complexity index is 690. The summed E-state index contributed by atoms with van der Waals surface area (Å²) in [6.45, 7) is 7.30. The van der Waals surface area contributed by atoms with Crippen LogP contribution in [0.3, 0.4) is 0 Å². The Morgan fingerprint density at radius 1 is 1.21 bits per heavy atom. The third kappa shape index (κ3) is 6.51. The Morgan fingerprint density at radius 3 is 2.72 bits per heavy atom. The quantitative estimate of drug-likeness (QED) is 0.752. The average molecular weight is 403 g/mol. The van der Waals surface area contributed by atoms with Crippen molar-refractivity contribution in [1.82, 2.24) is 20.5 Å². The van der Waals surface area contributed by atoms with E-state index in [0.29, 0.717) is 12.6 Å². The van der Waals surface area contributed by atoms with E-state index < -0.39 is 0 Å². The lowest BCUT2D eigenvalue weighted by molar-refractivity contribution is -0.126. The molecule has 2 aliphatic rings. The summed E-state index contributed by atoms with van der Waals surface area (Å²) >= 11 is 0. The largest absolute Gasteiger partial charge is 0.381 e. The monoisotopic (exact) mass is 402 g/mol. The number of likely N-dealkylation sites (tertiary alicyclic amines) is 1. The van der Waals surface area contributed by atoms with Crippen LogP contribution in [0.5, 0.6) is 0 Å². The lowest BCUT2D eigenvalue weighted by atomic mass is 10.00. The van der Waals surface area contributed by atoms with Crippen molar-refractivity contribution in [2.75, 3.05) is 32.8 Å². The molecule has 0 radical (unpaired) electrons. The van der Waals surface area contributed by atoms with Crippen LogP contribution in [-0.2, 0) is 20.7 Å². The molecule has 1 aromatic heterocycles. The first-order valence-corrected chi connectivity index (χ1v) is 10.8. The van der Waals surface area contributed by atoms with Crippen LogP contribution in [0, 0.1) is 12.8 Å². The van der Waals surface area contributed by atoms with Gasteiger partial charge in [-0.2, -0.15) is 0 Å². The van der Waals surface area contributed by atoms with Crippen molar-refractivity contribution in [2.45, 2.75) is 58.0 Å². The molecule has 2 amide bonds. The molecule has 2 fully saturated rings. The number of pyridine rings is 1. The number of nitrogens with one attached hydrogen (secondary N) is 2. The Labute approximate surface area is 173 Å². The van der Waals surface area contributed by atoms with Gasteiger partial charge in [-0.1, -0.05) is 6.07 Å². The van der Waals surface area contributed by atoms with Gasteiger partial charge in [0.15, 0.2) is 0 Å². The molecule has 0 aliphatic carbocycles. The molecular formula is C22H34N4O3. The molecule has 3 rings (SSSR count).